The van der Waals surface area contributed by atoms with Gasteiger partial charge in [-0.1, -0.05) is 0 Å². The van der Waals surface area contributed by atoms with Crippen molar-refractivity contribution in [3.8, 4) is 0 Å². The standard InChI is InChI=1S/C9H7Br2N/c1-5-4-12-9-3-8(11)7(10)2-6(5)9/h2-4,12H,1H3. The Labute approximate surface area is 87.4 Å². The van der Waals surface area contributed by atoms with Crippen LogP contribution in [0.1, 0.15) is 5.56 Å². The third kappa shape index (κ3) is 1.21. The number of H-pyrrole nitrogens is 1. The van der Waals surface area contributed by atoms with Crippen LogP contribution in [0.15, 0.2) is 27.3 Å². The first-order chi connectivity index (χ1) is 5.68. The molecule has 0 atom stereocenters. The van der Waals surface area contributed by atoms with Gasteiger partial charge in [-0.15, -0.1) is 0 Å². The average molecular weight is 289 g/mol. The van der Waals surface area contributed by atoms with Gasteiger partial charge in [-0.3, -0.25) is 0 Å². The fourth-order valence-electron chi connectivity index (χ4n) is 1.26. The van der Waals surface area contributed by atoms with Crippen LogP contribution in [0.25, 0.3) is 10.9 Å². The molecule has 62 valence electrons. The summed E-state index contributed by atoms with van der Waals surface area (Å²) in [5.74, 6) is 0. The van der Waals surface area contributed by atoms with E-state index in [0.29, 0.717) is 0 Å². The molecule has 1 aromatic carbocycles. The van der Waals surface area contributed by atoms with E-state index in [1.54, 1.807) is 0 Å². The summed E-state index contributed by atoms with van der Waals surface area (Å²) in [6.07, 6.45) is 2.02. The summed E-state index contributed by atoms with van der Waals surface area (Å²) in [5.41, 5.74) is 2.45. The van der Waals surface area contributed by atoms with Gasteiger partial charge in [0.2, 0.25) is 0 Å². The van der Waals surface area contributed by atoms with Crippen LogP contribution in [0.4, 0.5) is 0 Å². The Kier molecular flexibility index (Phi) is 2.00. The van der Waals surface area contributed by atoms with E-state index in [-0.39, 0.29) is 0 Å². The molecule has 0 radical (unpaired) electrons. The van der Waals surface area contributed by atoms with Gasteiger partial charge in [-0.2, -0.15) is 0 Å². The first-order valence-electron chi connectivity index (χ1n) is 3.61. The van der Waals surface area contributed by atoms with Crippen molar-refractivity contribution in [3.05, 3.63) is 32.8 Å². The van der Waals surface area contributed by atoms with Crippen molar-refractivity contribution in [1.82, 2.24) is 4.98 Å². The maximum atomic E-state index is 3.47. The molecule has 2 aromatic rings. The van der Waals surface area contributed by atoms with Gasteiger partial charge >= 0.3 is 0 Å². The maximum absolute atomic E-state index is 3.47. The molecule has 2 rings (SSSR count). The molecule has 1 nitrogen and oxygen atoms in total. The zero-order chi connectivity index (χ0) is 8.72. The number of aromatic nitrogens is 1. The van der Waals surface area contributed by atoms with Crippen molar-refractivity contribution in [2.45, 2.75) is 6.92 Å². The molecule has 1 aromatic heterocycles. The summed E-state index contributed by atoms with van der Waals surface area (Å²) >= 11 is 6.93. The normalized spacial score (nSPS) is 10.9. The second-order valence-electron chi connectivity index (χ2n) is 2.78. The van der Waals surface area contributed by atoms with Crippen molar-refractivity contribution in [2.24, 2.45) is 0 Å². The molecule has 0 amide bonds. The molecule has 0 bridgehead atoms. The van der Waals surface area contributed by atoms with Crippen molar-refractivity contribution < 1.29 is 0 Å². The molecule has 1 N–H and O–H groups in total. The summed E-state index contributed by atoms with van der Waals surface area (Å²) in [4.78, 5) is 3.21. The minimum Gasteiger partial charge on any atom is -0.361 e. The van der Waals surface area contributed by atoms with Crippen molar-refractivity contribution >= 4 is 42.8 Å². The molecule has 0 fully saturated rings. The number of fused-ring (bicyclic) bond motifs is 1. The van der Waals surface area contributed by atoms with E-state index in [1.807, 2.05) is 6.20 Å². The first kappa shape index (κ1) is 8.32. The van der Waals surface area contributed by atoms with E-state index < -0.39 is 0 Å². The fourth-order valence-corrected chi connectivity index (χ4v) is 1.94. The summed E-state index contributed by atoms with van der Waals surface area (Å²) in [5, 5.41) is 1.27. The number of benzene rings is 1. The van der Waals surface area contributed by atoms with E-state index in [4.69, 9.17) is 0 Å². The molecule has 0 aliphatic heterocycles. The predicted octanol–water partition coefficient (Wildman–Crippen LogP) is 4.00. The van der Waals surface area contributed by atoms with Crippen molar-refractivity contribution in [2.75, 3.05) is 0 Å². The van der Waals surface area contributed by atoms with Crippen LogP contribution in [-0.2, 0) is 0 Å². The smallest absolute Gasteiger partial charge is 0.0468 e. The molecule has 0 spiro atoms. The number of aromatic amines is 1. The minimum absolute atomic E-state index is 1.08. The zero-order valence-electron chi connectivity index (χ0n) is 6.49. The van der Waals surface area contributed by atoms with Gasteiger partial charge < -0.3 is 4.98 Å². The lowest BCUT2D eigenvalue weighted by molar-refractivity contribution is 1.42. The minimum atomic E-state index is 1.08. The van der Waals surface area contributed by atoms with Crippen LogP contribution in [0.5, 0.6) is 0 Å². The van der Waals surface area contributed by atoms with Gasteiger partial charge in [0, 0.05) is 26.0 Å². The second kappa shape index (κ2) is 2.89. The number of rotatable bonds is 0. The Bertz CT molecular complexity index is 431. The Morgan fingerprint density at radius 2 is 1.83 bits per heavy atom. The quantitative estimate of drug-likeness (QED) is 0.754. The van der Waals surface area contributed by atoms with Gasteiger partial charge in [0.15, 0.2) is 0 Å². The van der Waals surface area contributed by atoms with E-state index in [0.717, 1.165) is 8.95 Å². The first-order valence-corrected chi connectivity index (χ1v) is 5.20. The molecule has 0 saturated carbocycles. The highest BCUT2D eigenvalue weighted by Gasteiger charge is 2.02. The van der Waals surface area contributed by atoms with Crippen LogP contribution in [0.2, 0.25) is 0 Å². The maximum Gasteiger partial charge on any atom is 0.0468 e. The summed E-state index contributed by atoms with van der Waals surface area (Å²) in [7, 11) is 0. The number of hydrogen-bond acceptors (Lipinski definition) is 0. The largest absolute Gasteiger partial charge is 0.361 e. The van der Waals surface area contributed by atoms with Crippen molar-refractivity contribution in [3.63, 3.8) is 0 Å². The lowest BCUT2D eigenvalue weighted by atomic mass is 10.2. The topological polar surface area (TPSA) is 15.8 Å². The van der Waals surface area contributed by atoms with Crippen LogP contribution in [-0.4, -0.2) is 4.98 Å². The Balaban J connectivity index is 2.87. The monoisotopic (exact) mass is 287 g/mol. The van der Waals surface area contributed by atoms with Gasteiger partial charge in [-0.25, -0.2) is 0 Å². The third-order valence-electron chi connectivity index (χ3n) is 1.93. The van der Waals surface area contributed by atoms with E-state index >= 15 is 0 Å². The summed E-state index contributed by atoms with van der Waals surface area (Å²) in [6, 6.07) is 4.19. The van der Waals surface area contributed by atoms with Gasteiger partial charge in [0.25, 0.3) is 0 Å². The number of halogens is 2. The highest BCUT2D eigenvalue weighted by molar-refractivity contribution is 9.13. The number of hydrogen-bond donors (Lipinski definition) is 1. The molecule has 0 unspecified atom stereocenters. The van der Waals surface area contributed by atoms with Gasteiger partial charge in [0.1, 0.15) is 0 Å². The van der Waals surface area contributed by atoms with Gasteiger partial charge in [0.05, 0.1) is 0 Å². The predicted molar refractivity (Wildman–Crippen MR) is 58.4 cm³/mol. The molecule has 0 aliphatic rings. The third-order valence-corrected chi connectivity index (χ3v) is 3.77. The van der Waals surface area contributed by atoms with E-state index in [1.165, 1.54) is 16.5 Å². The van der Waals surface area contributed by atoms with Crippen molar-refractivity contribution in [1.29, 1.82) is 0 Å². The average Bonchev–Trinajstić information content (AvgIpc) is 2.35. The van der Waals surface area contributed by atoms with Crippen LogP contribution in [0, 0.1) is 6.92 Å². The number of nitrogens with one attached hydrogen (secondary N) is 1. The SMILES string of the molecule is Cc1c[nH]c2cc(Br)c(Br)cc12. The molecular formula is C9H7Br2N. The van der Waals surface area contributed by atoms with Crippen LogP contribution >= 0.6 is 31.9 Å². The second-order valence-corrected chi connectivity index (χ2v) is 4.49. The summed E-state index contributed by atoms with van der Waals surface area (Å²) < 4.78 is 2.18. The Morgan fingerprint density at radius 1 is 1.17 bits per heavy atom. The van der Waals surface area contributed by atoms with E-state index in [2.05, 4.69) is 55.9 Å². The number of aryl methyl sites for hydroxylation is 1. The molecule has 12 heavy (non-hydrogen) atoms. The lowest BCUT2D eigenvalue weighted by Gasteiger charge is -1.96. The zero-order valence-corrected chi connectivity index (χ0v) is 9.66. The highest BCUT2D eigenvalue weighted by atomic mass is 79.9. The molecule has 3 heteroatoms. The highest BCUT2D eigenvalue weighted by Crippen LogP contribution is 2.29. The summed E-state index contributed by atoms with van der Waals surface area (Å²) in [6.45, 7) is 2.10. The molecular weight excluding hydrogens is 282 g/mol. The Hall–Kier alpha value is -0.280. The lowest BCUT2D eigenvalue weighted by Crippen LogP contribution is -1.72. The molecule has 1 heterocycles. The molecule has 0 saturated heterocycles. The Morgan fingerprint density at radius 3 is 2.58 bits per heavy atom. The fraction of sp³-hybridized carbons (Fsp3) is 0.111. The van der Waals surface area contributed by atoms with Gasteiger partial charge in [-0.05, 0) is 56.5 Å². The molecule has 0 aliphatic carbocycles. The van der Waals surface area contributed by atoms with Crippen LogP contribution in [0.3, 0.4) is 0 Å². The van der Waals surface area contributed by atoms with E-state index in [9.17, 15) is 0 Å². The van der Waals surface area contributed by atoms with Crippen LogP contribution < -0.4 is 0 Å².